The zero-order valence-corrected chi connectivity index (χ0v) is 15.9. The Morgan fingerprint density at radius 2 is 2.03 bits per heavy atom. The van der Waals surface area contributed by atoms with E-state index in [1.54, 1.807) is 12.4 Å². The van der Waals surface area contributed by atoms with Crippen LogP contribution in [0.2, 0.25) is 0 Å². The Hall–Kier alpha value is -3.23. The number of fused-ring (bicyclic) bond motifs is 1. The lowest BCUT2D eigenvalue weighted by molar-refractivity contribution is -0.192. The number of anilines is 1. The summed E-state index contributed by atoms with van der Waals surface area (Å²) in [5.74, 6) is -3.98. The largest absolute Gasteiger partial charge is 0.490 e. The first-order valence-electron chi connectivity index (χ1n) is 8.02. The van der Waals surface area contributed by atoms with E-state index in [1.165, 1.54) is 23.6 Å². The Morgan fingerprint density at radius 3 is 2.50 bits per heavy atom. The van der Waals surface area contributed by atoms with Crippen molar-refractivity contribution >= 4 is 41.5 Å². The van der Waals surface area contributed by atoms with Crippen molar-refractivity contribution in [2.24, 2.45) is 0 Å². The molecule has 3 rings (SSSR count). The highest BCUT2D eigenvalue weighted by Gasteiger charge is 2.54. The van der Waals surface area contributed by atoms with Gasteiger partial charge in [0.1, 0.15) is 23.7 Å². The van der Waals surface area contributed by atoms with Gasteiger partial charge in [-0.15, -0.1) is 11.8 Å². The predicted molar refractivity (Wildman–Crippen MR) is 94.1 cm³/mol. The summed E-state index contributed by atoms with van der Waals surface area (Å²) in [7, 11) is 0. The topological polar surface area (TPSA) is 162 Å². The molecule has 0 aliphatic carbocycles. The number of carboxylic acid groups (broad SMARTS) is 2. The first-order chi connectivity index (χ1) is 13.9. The number of thioether (sulfide) groups is 1. The SMILES string of the molecule is CC(=O)OCC1=C(C(=O)O)N2C(=O)C(Nc3ncc[nH]3)[C@@H]2SC1.O=C(O)C(F)(F)F. The highest BCUT2D eigenvalue weighted by Crippen LogP contribution is 2.41. The number of nitrogens with zero attached hydrogens (tertiary/aromatic N) is 2. The van der Waals surface area contributed by atoms with Gasteiger partial charge in [0.2, 0.25) is 5.95 Å². The molecule has 11 nitrogen and oxygen atoms in total. The summed E-state index contributed by atoms with van der Waals surface area (Å²) < 4.78 is 36.6. The van der Waals surface area contributed by atoms with Crippen molar-refractivity contribution in [2.75, 3.05) is 17.7 Å². The van der Waals surface area contributed by atoms with Crippen LogP contribution in [0.1, 0.15) is 6.92 Å². The standard InChI is InChI=1S/C13H14N4O5S.C2HF3O2/c1-6(18)22-4-7-5-23-11-8(16-13-14-2-3-15-13)10(19)17(11)9(7)12(20)21;3-2(4,5)1(6)7/h2-3,8,11H,4-5H2,1H3,(H,20,21)(H2,14,15,16);(H,6,7)/t8?,11-;/m0./s1. The number of β-lactam (4-membered cyclic amide) rings is 1. The number of amides is 1. The van der Waals surface area contributed by atoms with Crippen LogP contribution in [-0.2, 0) is 23.9 Å². The fraction of sp³-hybridized carbons (Fsp3) is 0.400. The number of imidazole rings is 1. The number of aliphatic carboxylic acids is 2. The molecule has 1 saturated heterocycles. The Balaban J connectivity index is 0.000000396. The van der Waals surface area contributed by atoms with Crippen LogP contribution in [0.3, 0.4) is 0 Å². The van der Waals surface area contributed by atoms with Gasteiger partial charge in [0.05, 0.1) is 0 Å². The first kappa shape index (κ1) is 23.1. The van der Waals surface area contributed by atoms with E-state index in [4.69, 9.17) is 14.6 Å². The maximum atomic E-state index is 12.3. The number of carbonyl (C=O) groups excluding carboxylic acids is 2. The van der Waals surface area contributed by atoms with Crippen LogP contribution in [0.4, 0.5) is 19.1 Å². The van der Waals surface area contributed by atoms with Gasteiger partial charge in [-0.2, -0.15) is 13.2 Å². The summed E-state index contributed by atoms with van der Waals surface area (Å²) in [6.07, 6.45) is -1.91. The van der Waals surface area contributed by atoms with E-state index in [-0.39, 0.29) is 23.6 Å². The van der Waals surface area contributed by atoms with Gasteiger partial charge >= 0.3 is 24.1 Å². The number of H-pyrrole nitrogens is 1. The van der Waals surface area contributed by atoms with Gasteiger partial charge in [0.15, 0.2) is 0 Å². The van der Waals surface area contributed by atoms with Gasteiger partial charge in [-0.25, -0.2) is 14.6 Å². The number of hydrogen-bond acceptors (Lipinski definition) is 8. The highest BCUT2D eigenvalue weighted by atomic mass is 32.2. The van der Waals surface area contributed by atoms with Crippen molar-refractivity contribution in [1.82, 2.24) is 14.9 Å². The highest BCUT2D eigenvalue weighted by molar-refractivity contribution is 8.00. The van der Waals surface area contributed by atoms with Gasteiger partial charge in [0, 0.05) is 30.6 Å². The van der Waals surface area contributed by atoms with E-state index in [0.717, 1.165) is 0 Å². The molecule has 0 aromatic carbocycles. The van der Waals surface area contributed by atoms with Crippen molar-refractivity contribution in [2.45, 2.75) is 24.5 Å². The zero-order chi connectivity index (χ0) is 22.6. The van der Waals surface area contributed by atoms with Crippen molar-refractivity contribution in [3.8, 4) is 0 Å². The number of aromatic amines is 1. The molecule has 2 atom stereocenters. The maximum Gasteiger partial charge on any atom is 0.490 e. The summed E-state index contributed by atoms with van der Waals surface area (Å²) in [5, 5.41) is 19.2. The van der Waals surface area contributed by atoms with Crippen LogP contribution in [0.5, 0.6) is 0 Å². The lowest BCUT2D eigenvalue weighted by atomic mass is 10.0. The fourth-order valence-corrected chi connectivity index (χ4v) is 3.80. The van der Waals surface area contributed by atoms with Crippen molar-refractivity contribution < 1.29 is 47.3 Å². The summed E-state index contributed by atoms with van der Waals surface area (Å²) >= 11 is 1.42. The monoisotopic (exact) mass is 452 g/mol. The second kappa shape index (κ2) is 9.06. The Kier molecular flexibility index (Phi) is 6.96. The van der Waals surface area contributed by atoms with Crippen LogP contribution in [0.25, 0.3) is 0 Å². The molecule has 164 valence electrons. The molecule has 30 heavy (non-hydrogen) atoms. The number of ether oxygens (including phenoxy) is 1. The van der Waals surface area contributed by atoms with Crippen molar-refractivity contribution in [3.63, 3.8) is 0 Å². The number of esters is 1. The molecular weight excluding hydrogens is 437 g/mol. The van der Waals surface area contributed by atoms with Crippen molar-refractivity contribution in [1.29, 1.82) is 0 Å². The quantitative estimate of drug-likeness (QED) is 0.368. The third-order valence-electron chi connectivity index (χ3n) is 3.73. The van der Waals surface area contributed by atoms with Crippen LogP contribution in [0.15, 0.2) is 23.7 Å². The summed E-state index contributed by atoms with van der Waals surface area (Å²) in [5.41, 5.74) is 0.316. The van der Waals surface area contributed by atoms with Crippen molar-refractivity contribution in [3.05, 3.63) is 23.7 Å². The van der Waals surface area contributed by atoms with Gasteiger partial charge in [-0.3, -0.25) is 14.5 Å². The van der Waals surface area contributed by atoms with Gasteiger partial charge in [-0.1, -0.05) is 0 Å². The van der Waals surface area contributed by atoms with E-state index in [1.807, 2.05) is 0 Å². The molecule has 1 unspecified atom stereocenters. The van der Waals surface area contributed by atoms with E-state index >= 15 is 0 Å². The average Bonchev–Trinajstić information content (AvgIpc) is 3.16. The third kappa shape index (κ3) is 5.22. The number of alkyl halides is 3. The molecule has 0 radical (unpaired) electrons. The number of carboxylic acids is 2. The number of carbonyl (C=O) groups is 4. The molecule has 0 saturated carbocycles. The van der Waals surface area contributed by atoms with Crippen LogP contribution < -0.4 is 5.32 Å². The third-order valence-corrected chi connectivity index (χ3v) is 5.07. The molecule has 2 aliphatic rings. The Labute approximate surface area is 170 Å². The molecule has 15 heteroatoms. The molecule has 1 aromatic heterocycles. The van der Waals surface area contributed by atoms with Crippen LogP contribution in [-0.4, -0.2) is 78.8 Å². The van der Waals surface area contributed by atoms with Gasteiger partial charge in [-0.05, 0) is 0 Å². The molecule has 1 amide bonds. The van der Waals surface area contributed by atoms with Gasteiger partial charge in [0.25, 0.3) is 5.91 Å². The maximum absolute atomic E-state index is 12.3. The lowest BCUT2D eigenvalue weighted by Gasteiger charge is -2.49. The number of nitrogens with one attached hydrogen (secondary N) is 2. The Morgan fingerprint density at radius 1 is 1.40 bits per heavy atom. The smallest absolute Gasteiger partial charge is 0.477 e. The summed E-state index contributed by atoms with van der Waals surface area (Å²) in [6, 6.07) is -0.546. The first-order valence-corrected chi connectivity index (χ1v) is 9.07. The molecule has 0 spiro atoms. The Bertz CT molecular complexity index is 872. The lowest BCUT2D eigenvalue weighted by Crippen LogP contribution is -2.67. The minimum atomic E-state index is -5.08. The van der Waals surface area contributed by atoms with Gasteiger partial charge < -0.3 is 25.3 Å². The van der Waals surface area contributed by atoms with E-state index in [2.05, 4.69) is 15.3 Å². The molecule has 1 fully saturated rings. The summed E-state index contributed by atoms with van der Waals surface area (Å²) in [4.78, 5) is 51.7. The number of rotatable bonds is 5. The number of halogens is 3. The molecule has 0 bridgehead atoms. The second-order valence-corrected chi connectivity index (χ2v) is 6.92. The fourth-order valence-electron chi connectivity index (χ4n) is 2.47. The van der Waals surface area contributed by atoms with Crippen LogP contribution in [0, 0.1) is 0 Å². The number of hydrogen-bond donors (Lipinski definition) is 4. The second-order valence-electron chi connectivity index (χ2n) is 5.81. The molecule has 2 aliphatic heterocycles. The average molecular weight is 452 g/mol. The predicted octanol–water partition coefficient (Wildman–Crippen LogP) is 0.640. The zero-order valence-electron chi connectivity index (χ0n) is 15.1. The molecule has 3 heterocycles. The summed E-state index contributed by atoms with van der Waals surface area (Å²) in [6.45, 7) is 1.12. The molecule has 4 N–H and O–H groups in total. The molecule has 1 aromatic rings. The van der Waals surface area contributed by atoms with E-state index < -0.39 is 30.1 Å². The van der Waals surface area contributed by atoms with Crippen LogP contribution >= 0.6 is 11.8 Å². The van der Waals surface area contributed by atoms with E-state index in [0.29, 0.717) is 17.3 Å². The molecular formula is C15H15F3N4O7S. The normalized spacial score (nSPS) is 20.4. The minimum Gasteiger partial charge on any atom is -0.477 e. The number of aromatic nitrogens is 2. The van der Waals surface area contributed by atoms with E-state index in [9.17, 15) is 32.7 Å². The minimum absolute atomic E-state index is 0.0995.